The smallest absolute Gasteiger partial charge is 0.0926 e. The molecule has 0 radical (unpaired) electrons. The Hall–Kier alpha value is -0.960. The third-order valence-electron chi connectivity index (χ3n) is 2.15. The summed E-state index contributed by atoms with van der Waals surface area (Å²) in [7, 11) is 1.94. The molecule has 1 aromatic heterocycles. The molecule has 1 heterocycles. The molecule has 2 nitrogen and oxygen atoms in total. The summed E-state index contributed by atoms with van der Waals surface area (Å²) in [5.41, 5.74) is 2.29. The summed E-state index contributed by atoms with van der Waals surface area (Å²) in [6.45, 7) is 2.07. The Bertz CT molecular complexity index is 431. The van der Waals surface area contributed by atoms with E-state index in [9.17, 15) is 0 Å². The van der Waals surface area contributed by atoms with Crippen molar-refractivity contribution in [2.75, 3.05) is 0 Å². The van der Waals surface area contributed by atoms with Crippen LogP contribution in [-0.2, 0) is 7.05 Å². The Morgan fingerprint density at radius 2 is 2.23 bits per heavy atom. The lowest BCUT2D eigenvalue weighted by Gasteiger charge is -2.04. The fraction of sp³-hybridized carbons (Fsp3) is 0.300. The molecule has 0 saturated carbocycles. The lowest BCUT2D eigenvalue weighted by Crippen LogP contribution is -1.84. The standard InChI is InChI=1S/C10H12N2S/c1-7(13)8-4-3-5-10-9(8)6-12(2)11-10/h3-7,13H,1-2H3. The van der Waals surface area contributed by atoms with Gasteiger partial charge in [-0.3, -0.25) is 4.68 Å². The van der Waals surface area contributed by atoms with Crippen LogP contribution in [0.4, 0.5) is 0 Å². The largest absolute Gasteiger partial charge is 0.275 e. The predicted molar refractivity (Wildman–Crippen MR) is 58.1 cm³/mol. The Labute approximate surface area is 83.0 Å². The lowest BCUT2D eigenvalue weighted by atomic mass is 10.1. The molecular formula is C10H12N2S. The zero-order valence-corrected chi connectivity index (χ0v) is 8.62. The SMILES string of the molecule is CC(S)c1cccc2nn(C)cc12. The molecule has 0 N–H and O–H groups in total. The number of rotatable bonds is 1. The number of aromatic nitrogens is 2. The molecule has 0 spiro atoms. The third kappa shape index (κ3) is 1.44. The number of thiol groups is 1. The molecule has 68 valence electrons. The highest BCUT2D eigenvalue weighted by molar-refractivity contribution is 7.80. The molecule has 0 aliphatic rings. The van der Waals surface area contributed by atoms with Crippen LogP contribution in [-0.4, -0.2) is 9.78 Å². The van der Waals surface area contributed by atoms with Crippen LogP contribution >= 0.6 is 12.6 Å². The van der Waals surface area contributed by atoms with Crippen LogP contribution in [0.15, 0.2) is 24.4 Å². The third-order valence-corrected chi connectivity index (χ3v) is 2.43. The molecule has 0 saturated heterocycles. The minimum absolute atomic E-state index is 0.257. The van der Waals surface area contributed by atoms with Gasteiger partial charge in [-0.25, -0.2) is 0 Å². The Balaban J connectivity index is 2.75. The van der Waals surface area contributed by atoms with E-state index in [-0.39, 0.29) is 5.25 Å². The summed E-state index contributed by atoms with van der Waals surface area (Å²) in [5.74, 6) is 0. The van der Waals surface area contributed by atoms with Crippen molar-refractivity contribution in [1.82, 2.24) is 9.78 Å². The summed E-state index contributed by atoms with van der Waals surface area (Å²) >= 11 is 4.44. The van der Waals surface area contributed by atoms with Crippen molar-refractivity contribution >= 4 is 23.5 Å². The number of hydrogen-bond acceptors (Lipinski definition) is 2. The molecule has 0 bridgehead atoms. The van der Waals surface area contributed by atoms with Crippen LogP contribution in [0.2, 0.25) is 0 Å². The predicted octanol–water partition coefficient (Wildman–Crippen LogP) is 2.56. The number of benzene rings is 1. The van der Waals surface area contributed by atoms with E-state index in [0.717, 1.165) is 5.52 Å². The molecule has 2 rings (SSSR count). The van der Waals surface area contributed by atoms with Gasteiger partial charge >= 0.3 is 0 Å². The summed E-state index contributed by atoms with van der Waals surface area (Å²) in [6.07, 6.45) is 2.04. The number of fused-ring (bicyclic) bond motifs is 1. The molecule has 13 heavy (non-hydrogen) atoms. The number of nitrogens with zero attached hydrogens (tertiary/aromatic N) is 2. The van der Waals surface area contributed by atoms with Crippen molar-refractivity contribution in [2.24, 2.45) is 7.05 Å². The average Bonchev–Trinajstić information content (AvgIpc) is 2.43. The van der Waals surface area contributed by atoms with E-state index in [1.165, 1.54) is 10.9 Å². The van der Waals surface area contributed by atoms with Crippen LogP contribution in [0, 0.1) is 0 Å². The highest BCUT2D eigenvalue weighted by atomic mass is 32.1. The fourth-order valence-electron chi connectivity index (χ4n) is 1.55. The highest BCUT2D eigenvalue weighted by Crippen LogP contribution is 2.26. The monoisotopic (exact) mass is 192 g/mol. The van der Waals surface area contributed by atoms with Crippen molar-refractivity contribution in [2.45, 2.75) is 12.2 Å². The van der Waals surface area contributed by atoms with Gasteiger partial charge in [0.05, 0.1) is 5.52 Å². The van der Waals surface area contributed by atoms with Gasteiger partial charge in [0.25, 0.3) is 0 Å². The van der Waals surface area contributed by atoms with E-state index in [0.29, 0.717) is 0 Å². The van der Waals surface area contributed by atoms with Crippen molar-refractivity contribution in [3.63, 3.8) is 0 Å². The maximum absolute atomic E-state index is 4.44. The summed E-state index contributed by atoms with van der Waals surface area (Å²) in [4.78, 5) is 0. The quantitative estimate of drug-likeness (QED) is 0.687. The van der Waals surface area contributed by atoms with Crippen LogP contribution in [0.1, 0.15) is 17.7 Å². The molecule has 1 unspecified atom stereocenters. The van der Waals surface area contributed by atoms with Gasteiger partial charge < -0.3 is 0 Å². The van der Waals surface area contributed by atoms with Crippen LogP contribution < -0.4 is 0 Å². The van der Waals surface area contributed by atoms with E-state index in [1.807, 2.05) is 30.1 Å². The molecule has 3 heteroatoms. The van der Waals surface area contributed by atoms with E-state index in [1.54, 1.807) is 0 Å². The van der Waals surface area contributed by atoms with Crippen LogP contribution in [0.25, 0.3) is 10.9 Å². The lowest BCUT2D eigenvalue weighted by molar-refractivity contribution is 0.779. The Morgan fingerprint density at radius 1 is 1.46 bits per heavy atom. The van der Waals surface area contributed by atoms with Crippen molar-refractivity contribution in [3.05, 3.63) is 30.0 Å². The van der Waals surface area contributed by atoms with Gasteiger partial charge in [-0.2, -0.15) is 17.7 Å². The minimum Gasteiger partial charge on any atom is -0.275 e. The molecule has 0 amide bonds. The van der Waals surface area contributed by atoms with Gasteiger partial charge in [-0.1, -0.05) is 12.1 Å². The van der Waals surface area contributed by atoms with Gasteiger partial charge in [0.2, 0.25) is 0 Å². The number of hydrogen-bond donors (Lipinski definition) is 1. The van der Waals surface area contributed by atoms with Crippen LogP contribution in [0.3, 0.4) is 0 Å². The van der Waals surface area contributed by atoms with E-state index >= 15 is 0 Å². The van der Waals surface area contributed by atoms with Gasteiger partial charge in [-0.15, -0.1) is 0 Å². The van der Waals surface area contributed by atoms with Gasteiger partial charge in [0.1, 0.15) is 0 Å². The second kappa shape index (κ2) is 3.07. The Kier molecular flexibility index (Phi) is 2.04. The Morgan fingerprint density at radius 3 is 2.92 bits per heavy atom. The van der Waals surface area contributed by atoms with E-state index in [2.05, 4.69) is 30.7 Å². The summed E-state index contributed by atoms with van der Waals surface area (Å²) in [6, 6.07) is 6.15. The molecule has 0 fully saturated rings. The van der Waals surface area contributed by atoms with Crippen molar-refractivity contribution in [3.8, 4) is 0 Å². The average molecular weight is 192 g/mol. The highest BCUT2D eigenvalue weighted by Gasteiger charge is 2.07. The van der Waals surface area contributed by atoms with Crippen molar-refractivity contribution in [1.29, 1.82) is 0 Å². The van der Waals surface area contributed by atoms with Gasteiger partial charge in [0, 0.05) is 23.9 Å². The molecular weight excluding hydrogens is 180 g/mol. The van der Waals surface area contributed by atoms with Crippen molar-refractivity contribution < 1.29 is 0 Å². The summed E-state index contributed by atoms with van der Waals surface area (Å²) < 4.78 is 1.84. The van der Waals surface area contributed by atoms with Gasteiger partial charge in [0.15, 0.2) is 0 Å². The first-order valence-electron chi connectivity index (χ1n) is 4.29. The molecule has 1 atom stereocenters. The second-order valence-electron chi connectivity index (χ2n) is 3.26. The first-order valence-corrected chi connectivity index (χ1v) is 4.80. The molecule has 0 aliphatic heterocycles. The maximum Gasteiger partial charge on any atom is 0.0926 e. The van der Waals surface area contributed by atoms with Crippen LogP contribution in [0.5, 0.6) is 0 Å². The molecule has 0 aliphatic carbocycles. The molecule has 2 aromatic rings. The first kappa shape index (κ1) is 8.63. The normalized spacial score (nSPS) is 13.5. The zero-order chi connectivity index (χ0) is 9.42. The van der Waals surface area contributed by atoms with Gasteiger partial charge in [-0.05, 0) is 18.6 Å². The fourth-order valence-corrected chi connectivity index (χ4v) is 1.77. The van der Waals surface area contributed by atoms with E-state index in [4.69, 9.17) is 0 Å². The van der Waals surface area contributed by atoms with E-state index < -0.39 is 0 Å². The minimum atomic E-state index is 0.257. The number of aryl methyl sites for hydroxylation is 1. The zero-order valence-electron chi connectivity index (χ0n) is 7.73. The summed E-state index contributed by atoms with van der Waals surface area (Å²) in [5, 5.41) is 5.80. The molecule has 1 aromatic carbocycles. The first-order chi connectivity index (χ1) is 6.18. The topological polar surface area (TPSA) is 17.8 Å². The second-order valence-corrected chi connectivity index (χ2v) is 4.03. The maximum atomic E-state index is 4.44.